The van der Waals surface area contributed by atoms with E-state index in [1.165, 1.54) is 10.7 Å². The minimum atomic E-state index is -4.45. The molecule has 0 aliphatic rings. The van der Waals surface area contributed by atoms with Crippen molar-refractivity contribution >= 4 is 11.6 Å². The first-order chi connectivity index (χ1) is 13.6. The molecule has 1 aromatic carbocycles. The van der Waals surface area contributed by atoms with Crippen LogP contribution in [0.4, 0.5) is 18.9 Å². The summed E-state index contributed by atoms with van der Waals surface area (Å²) in [6, 6.07) is 8.00. The van der Waals surface area contributed by atoms with Gasteiger partial charge in [0.2, 0.25) is 5.91 Å². The third-order valence-corrected chi connectivity index (χ3v) is 4.73. The Hall–Kier alpha value is -3.16. The Morgan fingerprint density at radius 3 is 2.41 bits per heavy atom. The first kappa shape index (κ1) is 20.6. The summed E-state index contributed by atoms with van der Waals surface area (Å²) in [4.78, 5) is 16.4. The highest BCUT2D eigenvalue weighted by Crippen LogP contribution is 2.29. The minimum absolute atomic E-state index is 0.103. The molecule has 3 rings (SSSR count). The van der Waals surface area contributed by atoms with E-state index in [1.807, 2.05) is 32.0 Å². The number of carbonyl (C=O) groups is 1. The molecule has 2 aromatic heterocycles. The molecule has 8 heteroatoms. The molecular formula is C21H21F3N4O. The van der Waals surface area contributed by atoms with Gasteiger partial charge in [0.15, 0.2) is 5.82 Å². The molecule has 0 aliphatic heterocycles. The molecule has 0 saturated heterocycles. The van der Waals surface area contributed by atoms with Crippen LogP contribution in [0.25, 0.3) is 5.82 Å². The number of aryl methyl sites for hydroxylation is 3. The number of benzene rings is 1. The zero-order valence-electron chi connectivity index (χ0n) is 16.6. The predicted molar refractivity (Wildman–Crippen MR) is 104 cm³/mol. The Kier molecular flexibility index (Phi) is 5.46. The fourth-order valence-electron chi connectivity index (χ4n) is 3.14. The van der Waals surface area contributed by atoms with Gasteiger partial charge < -0.3 is 5.32 Å². The summed E-state index contributed by atoms with van der Waals surface area (Å²) in [5, 5.41) is 7.25. The molecule has 0 fully saturated rings. The average molecular weight is 402 g/mol. The summed E-state index contributed by atoms with van der Waals surface area (Å²) in [6.45, 7) is 7.43. The monoisotopic (exact) mass is 402 g/mol. The Morgan fingerprint density at radius 2 is 1.83 bits per heavy atom. The molecular weight excluding hydrogens is 381 g/mol. The third-order valence-electron chi connectivity index (χ3n) is 4.73. The fourth-order valence-corrected chi connectivity index (χ4v) is 3.14. The molecule has 0 spiro atoms. The first-order valence-corrected chi connectivity index (χ1v) is 9.02. The maximum absolute atomic E-state index is 12.7. The Morgan fingerprint density at radius 1 is 1.10 bits per heavy atom. The number of anilines is 1. The van der Waals surface area contributed by atoms with E-state index in [1.54, 1.807) is 13.8 Å². The fraction of sp³-hybridized carbons (Fsp3) is 0.286. The van der Waals surface area contributed by atoms with Crippen molar-refractivity contribution in [2.45, 2.75) is 40.3 Å². The molecule has 1 N–H and O–H groups in total. The van der Waals surface area contributed by atoms with Crippen molar-refractivity contribution in [3.63, 3.8) is 0 Å². The van der Waals surface area contributed by atoms with Crippen LogP contribution in [0.15, 0.2) is 36.5 Å². The maximum atomic E-state index is 12.7. The number of carbonyl (C=O) groups excluding carboxylic acids is 1. The summed E-state index contributed by atoms with van der Waals surface area (Å²) >= 11 is 0. The summed E-state index contributed by atoms with van der Waals surface area (Å²) in [5.74, 6) is 0.0720. The number of halogens is 3. The maximum Gasteiger partial charge on any atom is 0.417 e. The lowest BCUT2D eigenvalue weighted by molar-refractivity contribution is -0.137. The highest BCUT2D eigenvalue weighted by atomic mass is 19.4. The number of nitrogens with one attached hydrogen (secondary N) is 1. The molecule has 5 nitrogen and oxygen atoms in total. The Labute approximate surface area is 166 Å². The van der Waals surface area contributed by atoms with Crippen LogP contribution in [0.2, 0.25) is 0 Å². The molecule has 0 bridgehead atoms. The van der Waals surface area contributed by atoms with Crippen molar-refractivity contribution in [1.82, 2.24) is 14.8 Å². The van der Waals surface area contributed by atoms with Gasteiger partial charge >= 0.3 is 6.18 Å². The van der Waals surface area contributed by atoms with Crippen molar-refractivity contribution in [2.24, 2.45) is 0 Å². The Bertz CT molecular complexity index is 1050. The minimum Gasteiger partial charge on any atom is -0.326 e. The summed E-state index contributed by atoms with van der Waals surface area (Å²) < 4.78 is 39.7. The van der Waals surface area contributed by atoms with Crippen molar-refractivity contribution in [3.8, 4) is 5.82 Å². The number of rotatable bonds is 4. The van der Waals surface area contributed by atoms with Crippen molar-refractivity contribution < 1.29 is 18.0 Å². The molecule has 0 aliphatic carbocycles. The summed E-state index contributed by atoms with van der Waals surface area (Å²) in [7, 11) is 0. The SMILES string of the molecule is Cc1ccc(NC(=O)Cc2c(C)nn(-c3ccc(C(F)(F)F)cn3)c2C)c(C)c1. The average Bonchev–Trinajstić information content (AvgIpc) is 2.92. The lowest BCUT2D eigenvalue weighted by Crippen LogP contribution is -2.16. The molecule has 3 aromatic rings. The number of hydrogen-bond acceptors (Lipinski definition) is 3. The molecule has 1 amide bonds. The van der Waals surface area contributed by atoms with Gasteiger partial charge in [-0.1, -0.05) is 17.7 Å². The number of alkyl halides is 3. The highest BCUT2D eigenvalue weighted by molar-refractivity contribution is 5.93. The molecule has 0 atom stereocenters. The molecule has 29 heavy (non-hydrogen) atoms. The van der Waals surface area contributed by atoms with E-state index in [0.717, 1.165) is 29.1 Å². The standard InChI is InChI=1S/C21H21F3N4O/c1-12-5-7-18(13(2)9-12)26-20(29)10-17-14(3)27-28(15(17)4)19-8-6-16(11-25-19)21(22,23)24/h5-9,11H,10H2,1-4H3,(H,26,29). The van der Waals surface area contributed by atoms with Crippen LogP contribution in [0.5, 0.6) is 0 Å². The van der Waals surface area contributed by atoms with Gasteiger partial charge in [-0.15, -0.1) is 0 Å². The number of pyridine rings is 1. The van der Waals surface area contributed by atoms with E-state index in [-0.39, 0.29) is 18.1 Å². The number of hydrogen-bond donors (Lipinski definition) is 1. The second kappa shape index (κ2) is 7.69. The number of nitrogens with zero attached hydrogens (tertiary/aromatic N) is 3. The number of amides is 1. The molecule has 0 saturated carbocycles. The molecule has 0 unspecified atom stereocenters. The van der Waals surface area contributed by atoms with Crippen LogP contribution in [-0.4, -0.2) is 20.7 Å². The van der Waals surface area contributed by atoms with Gasteiger partial charge in [-0.25, -0.2) is 9.67 Å². The first-order valence-electron chi connectivity index (χ1n) is 9.02. The zero-order valence-corrected chi connectivity index (χ0v) is 16.6. The number of aromatic nitrogens is 3. The topological polar surface area (TPSA) is 59.8 Å². The van der Waals surface area contributed by atoms with Crippen LogP contribution in [0.1, 0.15) is 33.6 Å². The summed E-state index contributed by atoms with van der Waals surface area (Å²) in [5.41, 5.74) is 4.00. The predicted octanol–water partition coefficient (Wildman–Crippen LogP) is 4.70. The van der Waals surface area contributed by atoms with Crippen LogP contribution < -0.4 is 5.32 Å². The van der Waals surface area contributed by atoms with E-state index in [4.69, 9.17) is 0 Å². The van der Waals surface area contributed by atoms with E-state index in [9.17, 15) is 18.0 Å². The molecule has 2 heterocycles. The van der Waals surface area contributed by atoms with Crippen molar-refractivity contribution in [2.75, 3.05) is 5.32 Å². The van der Waals surface area contributed by atoms with E-state index in [0.29, 0.717) is 17.0 Å². The van der Waals surface area contributed by atoms with Crippen LogP contribution in [0.3, 0.4) is 0 Å². The van der Waals surface area contributed by atoms with Gasteiger partial charge in [0.1, 0.15) is 0 Å². The summed E-state index contributed by atoms with van der Waals surface area (Å²) in [6.07, 6.45) is -3.57. The van der Waals surface area contributed by atoms with Gasteiger partial charge in [-0.05, 0) is 51.5 Å². The lowest BCUT2D eigenvalue weighted by Gasteiger charge is -2.10. The molecule has 0 radical (unpaired) electrons. The third kappa shape index (κ3) is 4.47. The van der Waals surface area contributed by atoms with Gasteiger partial charge in [0.05, 0.1) is 17.7 Å². The second-order valence-electron chi connectivity index (χ2n) is 7.01. The van der Waals surface area contributed by atoms with Gasteiger partial charge in [0.25, 0.3) is 0 Å². The van der Waals surface area contributed by atoms with Crippen molar-refractivity contribution in [1.29, 1.82) is 0 Å². The van der Waals surface area contributed by atoms with Gasteiger partial charge in [-0.2, -0.15) is 18.3 Å². The lowest BCUT2D eigenvalue weighted by atomic mass is 10.1. The van der Waals surface area contributed by atoms with Crippen LogP contribution >= 0.6 is 0 Å². The van der Waals surface area contributed by atoms with Crippen LogP contribution in [-0.2, 0) is 17.4 Å². The smallest absolute Gasteiger partial charge is 0.326 e. The van der Waals surface area contributed by atoms with Crippen molar-refractivity contribution in [3.05, 3.63) is 70.2 Å². The van der Waals surface area contributed by atoms with Gasteiger partial charge in [0, 0.05) is 23.1 Å². The second-order valence-corrected chi connectivity index (χ2v) is 7.01. The quantitative estimate of drug-likeness (QED) is 0.688. The Balaban J connectivity index is 1.81. The molecule has 152 valence electrons. The normalized spacial score (nSPS) is 11.6. The van der Waals surface area contributed by atoms with E-state index in [2.05, 4.69) is 15.4 Å². The van der Waals surface area contributed by atoms with E-state index >= 15 is 0 Å². The van der Waals surface area contributed by atoms with Crippen LogP contribution in [0, 0.1) is 27.7 Å². The zero-order chi connectivity index (χ0) is 21.3. The van der Waals surface area contributed by atoms with E-state index < -0.39 is 11.7 Å². The van der Waals surface area contributed by atoms with Gasteiger partial charge in [-0.3, -0.25) is 4.79 Å². The largest absolute Gasteiger partial charge is 0.417 e. The highest BCUT2D eigenvalue weighted by Gasteiger charge is 2.30.